The maximum atomic E-state index is 13.1. The van der Waals surface area contributed by atoms with Gasteiger partial charge in [0.05, 0.1) is 13.2 Å². The maximum absolute atomic E-state index is 13.1. The van der Waals surface area contributed by atoms with E-state index in [1.54, 1.807) is 19.1 Å². The van der Waals surface area contributed by atoms with Gasteiger partial charge in [-0.05, 0) is 38.0 Å². The van der Waals surface area contributed by atoms with E-state index in [-0.39, 0.29) is 17.7 Å². The molecule has 7 heteroatoms. The lowest BCUT2D eigenvalue weighted by Crippen LogP contribution is -2.16. The van der Waals surface area contributed by atoms with Crippen LogP contribution in [0.25, 0.3) is 17.2 Å². The number of carbonyl (C=O) groups excluding carboxylic acids is 2. The summed E-state index contributed by atoms with van der Waals surface area (Å²) in [7, 11) is 0. The van der Waals surface area contributed by atoms with Crippen molar-refractivity contribution in [3.05, 3.63) is 76.2 Å². The van der Waals surface area contributed by atoms with Crippen LogP contribution in [-0.2, 0) is 9.53 Å². The normalized spacial score (nSPS) is 10.9. The highest BCUT2D eigenvalue weighted by molar-refractivity contribution is 7.17. The molecule has 0 aliphatic rings. The molecule has 1 N–H and O–H groups in total. The van der Waals surface area contributed by atoms with E-state index in [0.717, 1.165) is 16.9 Å². The van der Waals surface area contributed by atoms with Crippen molar-refractivity contribution in [2.75, 3.05) is 18.5 Å². The van der Waals surface area contributed by atoms with E-state index in [1.165, 1.54) is 17.4 Å². The SMILES string of the molecule is CCCOc1ccccc1/C=C(\C#N)C(=O)Nc1sc(C)c(-c2ccccc2)c1C(=O)OCC. The molecule has 0 unspecified atom stereocenters. The molecular weight excluding hydrogens is 448 g/mol. The summed E-state index contributed by atoms with van der Waals surface area (Å²) in [5.41, 5.74) is 2.36. The highest BCUT2D eigenvalue weighted by Crippen LogP contribution is 2.40. The Morgan fingerprint density at radius 1 is 1.09 bits per heavy atom. The summed E-state index contributed by atoms with van der Waals surface area (Å²) in [4.78, 5) is 26.8. The van der Waals surface area contributed by atoms with Gasteiger partial charge in [-0.2, -0.15) is 5.26 Å². The van der Waals surface area contributed by atoms with Gasteiger partial charge in [0.15, 0.2) is 0 Å². The summed E-state index contributed by atoms with van der Waals surface area (Å²) < 4.78 is 11.0. The molecule has 0 fully saturated rings. The molecule has 0 bridgehead atoms. The Morgan fingerprint density at radius 3 is 2.47 bits per heavy atom. The lowest BCUT2D eigenvalue weighted by molar-refractivity contribution is -0.112. The van der Waals surface area contributed by atoms with Gasteiger partial charge in [-0.15, -0.1) is 11.3 Å². The third kappa shape index (κ3) is 5.72. The number of hydrogen-bond donors (Lipinski definition) is 1. The molecule has 3 aromatic rings. The molecule has 0 radical (unpaired) electrons. The summed E-state index contributed by atoms with van der Waals surface area (Å²) >= 11 is 1.27. The predicted octanol–water partition coefficient (Wildman–Crippen LogP) is 6.23. The van der Waals surface area contributed by atoms with Crippen LogP contribution in [0.3, 0.4) is 0 Å². The Labute approximate surface area is 203 Å². The first-order chi connectivity index (χ1) is 16.5. The van der Waals surface area contributed by atoms with Gasteiger partial charge in [-0.25, -0.2) is 4.79 Å². The monoisotopic (exact) mass is 474 g/mol. The van der Waals surface area contributed by atoms with Gasteiger partial charge >= 0.3 is 5.97 Å². The van der Waals surface area contributed by atoms with E-state index >= 15 is 0 Å². The second-order valence-electron chi connectivity index (χ2n) is 7.33. The molecule has 0 spiro atoms. The zero-order valence-corrected chi connectivity index (χ0v) is 20.2. The zero-order chi connectivity index (χ0) is 24.5. The van der Waals surface area contributed by atoms with Crippen LogP contribution in [0, 0.1) is 18.3 Å². The molecule has 1 heterocycles. The zero-order valence-electron chi connectivity index (χ0n) is 19.4. The third-order valence-corrected chi connectivity index (χ3v) is 5.92. The number of nitrogens with zero attached hydrogens (tertiary/aromatic N) is 1. The van der Waals surface area contributed by atoms with Crippen molar-refractivity contribution in [2.45, 2.75) is 27.2 Å². The number of esters is 1. The third-order valence-electron chi connectivity index (χ3n) is 4.90. The minimum absolute atomic E-state index is 0.102. The van der Waals surface area contributed by atoms with E-state index in [0.29, 0.717) is 28.5 Å². The Balaban J connectivity index is 1.99. The van der Waals surface area contributed by atoms with Crippen LogP contribution in [0.5, 0.6) is 5.75 Å². The van der Waals surface area contributed by atoms with Gasteiger partial charge < -0.3 is 14.8 Å². The van der Waals surface area contributed by atoms with Crippen molar-refractivity contribution in [1.29, 1.82) is 5.26 Å². The van der Waals surface area contributed by atoms with Crippen molar-refractivity contribution in [3.8, 4) is 22.9 Å². The van der Waals surface area contributed by atoms with Crippen molar-refractivity contribution in [2.24, 2.45) is 0 Å². The maximum Gasteiger partial charge on any atom is 0.341 e. The predicted molar refractivity (Wildman–Crippen MR) is 135 cm³/mol. The molecule has 0 saturated heterocycles. The average molecular weight is 475 g/mol. The van der Waals surface area contributed by atoms with Crippen molar-refractivity contribution < 1.29 is 19.1 Å². The number of thiophene rings is 1. The Kier molecular flexibility index (Phi) is 8.60. The van der Waals surface area contributed by atoms with Gasteiger partial charge in [0, 0.05) is 16.0 Å². The number of anilines is 1. The van der Waals surface area contributed by atoms with Crippen LogP contribution in [0.1, 0.15) is 41.1 Å². The van der Waals surface area contributed by atoms with Crippen LogP contribution < -0.4 is 10.1 Å². The largest absolute Gasteiger partial charge is 0.493 e. The minimum Gasteiger partial charge on any atom is -0.493 e. The van der Waals surface area contributed by atoms with E-state index in [1.807, 2.05) is 62.4 Å². The molecular formula is C27H26N2O4S. The number of benzene rings is 2. The number of para-hydroxylation sites is 1. The fraction of sp³-hybridized carbons (Fsp3) is 0.222. The first kappa shape index (κ1) is 24.7. The van der Waals surface area contributed by atoms with Gasteiger partial charge in [-0.3, -0.25) is 4.79 Å². The molecule has 2 aromatic carbocycles. The number of aryl methyl sites for hydroxylation is 1. The molecule has 0 saturated carbocycles. The highest BCUT2D eigenvalue weighted by Gasteiger charge is 2.26. The summed E-state index contributed by atoms with van der Waals surface area (Å²) in [6.45, 7) is 6.34. The Bertz CT molecular complexity index is 1240. The highest BCUT2D eigenvalue weighted by atomic mass is 32.1. The van der Waals surface area contributed by atoms with Crippen molar-refractivity contribution in [1.82, 2.24) is 0 Å². The van der Waals surface area contributed by atoms with E-state index in [9.17, 15) is 14.9 Å². The average Bonchev–Trinajstić information content (AvgIpc) is 3.17. The lowest BCUT2D eigenvalue weighted by atomic mass is 10.0. The first-order valence-electron chi connectivity index (χ1n) is 11.0. The Morgan fingerprint density at radius 2 is 1.79 bits per heavy atom. The van der Waals surface area contributed by atoms with Crippen LogP contribution in [0.2, 0.25) is 0 Å². The Hall–Kier alpha value is -3.89. The molecule has 174 valence electrons. The second kappa shape index (κ2) is 11.8. The molecule has 0 aliphatic heterocycles. The smallest absolute Gasteiger partial charge is 0.341 e. The molecule has 34 heavy (non-hydrogen) atoms. The van der Waals surface area contributed by atoms with Crippen LogP contribution in [0.15, 0.2) is 60.2 Å². The van der Waals surface area contributed by atoms with E-state index < -0.39 is 11.9 Å². The number of ether oxygens (including phenoxy) is 2. The van der Waals surface area contributed by atoms with E-state index in [4.69, 9.17) is 9.47 Å². The summed E-state index contributed by atoms with van der Waals surface area (Å²) in [6.07, 6.45) is 2.32. The van der Waals surface area contributed by atoms with Gasteiger partial charge in [0.2, 0.25) is 0 Å². The van der Waals surface area contributed by atoms with Crippen LogP contribution in [-0.4, -0.2) is 25.1 Å². The first-order valence-corrected chi connectivity index (χ1v) is 11.8. The molecule has 0 aliphatic carbocycles. The number of nitriles is 1. The van der Waals surface area contributed by atoms with Gasteiger partial charge in [0.25, 0.3) is 5.91 Å². The van der Waals surface area contributed by atoms with Crippen LogP contribution in [0.4, 0.5) is 5.00 Å². The van der Waals surface area contributed by atoms with Crippen molar-refractivity contribution >= 4 is 34.3 Å². The second-order valence-corrected chi connectivity index (χ2v) is 8.56. The van der Waals surface area contributed by atoms with E-state index in [2.05, 4.69) is 5.32 Å². The lowest BCUT2D eigenvalue weighted by Gasteiger charge is -2.10. The molecule has 6 nitrogen and oxygen atoms in total. The topological polar surface area (TPSA) is 88.4 Å². The molecule has 1 amide bonds. The van der Waals surface area contributed by atoms with Crippen molar-refractivity contribution in [3.63, 3.8) is 0 Å². The number of rotatable bonds is 9. The minimum atomic E-state index is -0.612. The van der Waals surface area contributed by atoms with Gasteiger partial charge in [0.1, 0.15) is 28.0 Å². The van der Waals surface area contributed by atoms with Crippen LogP contribution >= 0.6 is 11.3 Å². The standard InChI is InChI=1S/C27H26N2O4S/c1-4-15-33-22-14-10-9-13-20(22)16-21(17-28)25(30)29-26-24(27(31)32-5-2)23(18(3)34-26)19-11-7-6-8-12-19/h6-14,16H,4-5,15H2,1-3H3,(H,29,30)/b21-16+. The number of hydrogen-bond acceptors (Lipinski definition) is 6. The molecule has 0 atom stereocenters. The quantitative estimate of drug-likeness (QED) is 0.225. The number of carbonyl (C=O) groups is 2. The summed E-state index contributed by atoms with van der Waals surface area (Å²) in [6, 6.07) is 18.6. The fourth-order valence-electron chi connectivity index (χ4n) is 3.40. The fourth-order valence-corrected chi connectivity index (χ4v) is 4.46. The van der Waals surface area contributed by atoms with Gasteiger partial charge in [-0.1, -0.05) is 55.5 Å². The summed E-state index contributed by atoms with van der Waals surface area (Å²) in [5, 5.41) is 12.8. The molecule has 1 aromatic heterocycles. The number of nitrogens with one attached hydrogen (secondary N) is 1. The number of amides is 1. The molecule has 3 rings (SSSR count). The summed E-state index contributed by atoms with van der Waals surface area (Å²) in [5.74, 6) is -0.545.